The molecule has 0 aliphatic heterocycles. The van der Waals surface area contributed by atoms with Crippen molar-refractivity contribution < 1.29 is 9.59 Å². The predicted molar refractivity (Wildman–Crippen MR) is 83.1 cm³/mol. The molecule has 0 aromatic carbocycles. The van der Waals surface area contributed by atoms with E-state index in [4.69, 9.17) is 5.26 Å². The summed E-state index contributed by atoms with van der Waals surface area (Å²) in [6, 6.07) is 3.70. The molecule has 0 aliphatic carbocycles. The Labute approximate surface area is 128 Å². The van der Waals surface area contributed by atoms with E-state index in [1.54, 1.807) is 11.4 Å². The molecule has 7 heteroatoms. The molecule has 1 aromatic heterocycles. The summed E-state index contributed by atoms with van der Waals surface area (Å²) < 4.78 is 0. The minimum absolute atomic E-state index is 0.0372. The van der Waals surface area contributed by atoms with Crippen LogP contribution >= 0.6 is 11.3 Å². The van der Waals surface area contributed by atoms with Gasteiger partial charge in [0.05, 0.1) is 12.1 Å². The van der Waals surface area contributed by atoms with E-state index >= 15 is 0 Å². The second kappa shape index (κ2) is 9.10. The first-order valence-corrected chi connectivity index (χ1v) is 7.75. The van der Waals surface area contributed by atoms with Gasteiger partial charge in [-0.2, -0.15) is 5.26 Å². The first kappa shape index (κ1) is 17.1. The van der Waals surface area contributed by atoms with E-state index in [9.17, 15) is 9.59 Å². The smallest absolute Gasteiger partial charge is 0.234 e. The molecule has 0 saturated heterocycles. The van der Waals surface area contributed by atoms with E-state index in [2.05, 4.69) is 10.6 Å². The van der Waals surface area contributed by atoms with Crippen LogP contribution in [0.1, 0.15) is 25.8 Å². The fraction of sp³-hybridized carbons (Fsp3) is 0.500. The van der Waals surface area contributed by atoms with E-state index in [0.29, 0.717) is 36.7 Å². The number of rotatable bonds is 8. The third-order valence-electron chi connectivity index (χ3n) is 2.88. The van der Waals surface area contributed by atoms with E-state index in [0.717, 1.165) is 0 Å². The zero-order valence-corrected chi connectivity index (χ0v) is 13.1. The Morgan fingerprint density at radius 3 is 2.76 bits per heavy atom. The van der Waals surface area contributed by atoms with Crippen LogP contribution in [0.4, 0.5) is 5.00 Å². The molecule has 2 N–H and O–H groups in total. The maximum absolute atomic E-state index is 11.9. The van der Waals surface area contributed by atoms with E-state index in [-0.39, 0.29) is 18.2 Å². The van der Waals surface area contributed by atoms with Crippen molar-refractivity contribution in [2.24, 2.45) is 0 Å². The van der Waals surface area contributed by atoms with Crippen molar-refractivity contribution in [2.45, 2.75) is 20.3 Å². The normalized spacial score (nSPS) is 10.2. The van der Waals surface area contributed by atoms with Gasteiger partial charge in [0.1, 0.15) is 11.1 Å². The minimum atomic E-state index is -0.150. The van der Waals surface area contributed by atoms with Gasteiger partial charge in [0, 0.05) is 19.5 Å². The molecule has 0 spiro atoms. The maximum Gasteiger partial charge on any atom is 0.234 e. The number of nitriles is 1. The number of hydrogen-bond acceptors (Lipinski definition) is 5. The van der Waals surface area contributed by atoms with Crippen LogP contribution in [0, 0.1) is 11.3 Å². The van der Waals surface area contributed by atoms with Gasteiger partial charge in [-0.05, 0) is 24.9 Å². The highest BCUT2D eigenvalue weighted by molar-refractivity contribution is 7.14. The highest BCUT2D eigenvalue weighted by Gasteiger charge is 2.12. The molecule has 0 fully saturated rings. The molecule has 6 nitrogen and oxygen atoms in total. The highest BCUT2D eigenvalue weighted by Crippen LogP contribution is 2.22. The molecule has 1 rings (SSSR count). The third kappa shape index (κ3) is 5.94. The van der Waals surface area contributed by atoms with Crippen molar-refractivity contribution in [3.63, 3.8) is 0 Å². The van der Waals surface area contributed by atoms with Crippen LogP contribution in [0.3, 0.4) is 0 Å². The van der Waals surface area contributed by atoms with Crippen molar-refractivity contribution in [3.8, 4) is 6.07 Å². The lowest BCUT2D eigenvalue weighted by Crippen LogP contribution is -2.38. The average molecular weight is 308 g/mol. The van der Waals surface area contributed by atoms with Crippen molar-refractivity contribution in [1.29, 1.82) is 5.26 Å². The van der Waals surface area contributed by atoms with Gasteiger partial charge < -0.3 is 10.6 Å². The number of likely N-dealkylation sites (N-methyl/N-ethyl adjacent to an activating group) is 2. The largest absolute Gasteiger partial charge is 0.355 e. The standard InChI is InChI=1S/C14H20N4O2S/c1-3-16-13(20)10-18(4-2)7-5-12(19)17-14-11(9-15)6-8-21-14/h6,8H,3-5,7,10H2,1-2H3,(H,16,20)(H,17,19). The zero-order chi connectivity index (χ0) is 15.7. The molecule has 2 amide bonds. The first-order chi connectivity index (χ1) is 10.1. The van der Waals surface area contributed by atoms with Crippen LogP contribution < -0.4 is 10.6 Å². The molecular formula is C14H20N4O2S. The second-order valence-corrected chi connectivity index (χ2v) is 5.31. The number of anilines is 1. The van der Waals surface area contributed by atoms with Gasteiger partial charge in [-0.25, -0.2) is 0 Å². The Morgan fingerprint density at radius 2 is 2.14 bits per heavy atom. The lowest BCUT2D eigenvalue weighted by molar-refractivity contribution is -0.123. The molecule has 0 bridgehead atoms. The van der Waals surface area contributed by atoms with Gasteiger partial charge in [0.15, 0.2) is 0 Å². The number of nitrogens with one attached hydrogen (secondary N) is 2. The quantitative estimate of drug-likeness (QED) is 0.760. The Morgan fingerprint density at radius 1 is 1.38 bits per heavy atom. The molecule has 1 heterocycles. The van der Waals surface area contributed by atoms with Gasteiger partial charge in [-0.3, -0.25) is 14.5 Å². The Hall–Kier alpha value is -1.91. The number of carbonyl (C=O) groups excluding carboxylic acids is 2. The van der Waals surface area contributed by atoms with Crippen LogP contribution in [-0.4, -0.2) is 42.9 Å². The van der Waals surface area contributed by atoms with Gasteiger partial charge in [0.2, 0.25) is 11.8 Å². The molecule has 114 valence electrons. The van der Waals surface area contributed by atoms with E-state index < -0.39 is 0 Å². The SMILES string of the molecule is CCNC(=O)CN(CC)CCC(=O)Nc1sccc1C#N. The van der Waals surface area contributed by atoms with Crippen LogP contribution in [0.5, 0.6) is 0 Å². The summed E-state index contributed by atoms with van der Waals surface area (Å²) >= 11 is 1.33. The Kier molecular flexibility index (Phi) is 7.43. The lowest BCUT2D eigenvalue weighted by atomic mass is 10.3. The predicted octanol–water partition coefficient (Wildman–Crippen LogP) is 1.41. The summed E-state index contributed by atoms with van der Waals surface area (Å²) in [5.41, 5.74) is 0.475. The topological polar surface area (TPSA) is 85.2 Å². The average Bonchev–Trinajstić information content (AvgIpc) is 2.90. The Bertz CT molecular complexity index is 521. The summed E-state index contributed by atoms with van der Waals surface area (Å²) in [4.78, 5) is 25.3. The number of nitrogens with zero attached hydrogens (tertiary/aromatic N) is 2. The zero-order valence-electron chi connectivity index (χ0n) is 12.3. The van der Waals surface area contributed by atoms with Crippen molar-refractivity contribution >= 4 is 28.2 Å². The van der Waals surface area contributed by atoms with Gasteiger partial charge in [-0.15, -0.1) is 11.3 Å². The maximum atomic E-state index is 11.9. The van der Waals surface area contributed by atoms with Crippen LogP contribution in [0.2, 0.25) is 0 Å². The van der Waals surface area contributed by atoms with Gasteiger partial charge in [-0.1, -0.05) is 6.92 Å². The molecule has 0 saturated carbocycles. The van der Waals surface area contributed by atoms with Crippen LogP contribution in [0.25, 0.3) is 0 Å². The molecule has 0 aliphatic rings. The molecule has 0 radical (unpaired) electrons. The lowest BCUT2D eigenvalue weighted by Gasteiger charge is -2.19. The van der Waals surface area contributed by atoms with E-state index in [1.807, 2.05) is 24.8 Å². The van der Waals surface area contributed by atoms with Crippen LogP contribution in [-0.2, 0) is 9.59 Å². The number of amides is 2. The molecular weight excluding hydrogens is 288 g/mol. The number of carbonyl (C=O) groups is 2. The monoisotopic (exact) mass is 308 g/mol. The molecule has 21 heavy (non-hydrogen) atoms. The van der Waals surface area contributed by atoms with Crippen molar-refractivity contribution in [1.82, 2.24) is 10.2 Å². The summed E-state index contributed by atoms with van der Waals surface area (Å²) in [7, 11) is 0. The van der Waals surface area contributed by atoms with Gasteiger partial charge in [0.25, 0.3) is 0 Å². The molecule has 0 atom stereocenters. The summed E-state index contributed by atoms with van der Waals surface area (Å²) in [6.45, 7) is 5.92. The molecule has 0 unspecified atom stereocenters. The summed E-state index contributed by atoms with van der Waals surface area (Å²) in [5.74, 6) is -0.187. The van der Waals surface area contributed by atoms with Crippen molar-refractivity contribution in [2.75, 3.05) is 31.5 Å². The fourth-order valence-corrected chi connectivity index (χ4v) is 2.50. The second-order valence-electron chi connectivity index (χ2n) is 4.40. The first-order valence-electron chi connectivity index (χ1n) is 6.87. The fourth-order valence-electron chi connectivity index (χ4n) is 1.75. The van der Waals surface area contributed by atoms with Gasteiger partial charge >= 0.3 is 0 Å². The third-order valence-corrected chi connectivity index (χ3v) is 3.71. The van der Waals surface area contributed by atoms with E-state index in [1.165, 1.54) is 11.3 Å². The summed E-state index contributed by atoms with van der Waals surface area (Å²) in [5, 5.41) is 16.7. The number of thiophene rings is 1. The Balaban J connectivity index is 2.40. The highest BCUT2D eigenvalue weighted by atomic mass is 32.1. The number of hydrogen-bond donors (Lipinski definition) is 2. The minimum Gasteiger partial charge on any atom is -0.355 e. The van der Waals surface area contributed by atoms with Crippen molar-refractivity contribution in [3.05, 3.63) is 17.0 Å². The molecule has 1 aromatic rings. The van der Waals surface area contributed by atoms with Crippen LogP contribution in [0.15, 0.2) is 11.4 Å². The summed E-state index contributed by atoms with van der Waals surface area (Å²) in [6.07, 6.45) is 0.288.